The fourth-order valence-electron chi connectivity index (χ4n) is 1.76. The number of halogens is 2. The van der Waals surface area contributed by atoms with Gasteiger partial charge in [0.25, 0.3) is 0 Å². The van der Waals surface area contributed by atoms with Crippen molar-refractivity contribution in [2.24, 2.45) is 0 Å². The number of furan rings is 1. The Morgan fingerprint density at radius 3 is 2.82 bits per heavy atom. The molecule has 0 radical (unpaired) electrons. The van der Waals surface area contributed by atoms with Crippen molar-refractivity contribution in [2.75, 3.05) is 7.05 Å². The molecule has 1 heterocycles. The number of rotatable bonds is 4. The quantitative estimate of drug-likeness (QED) is 0.931. The Morgan fingerprint density at radius 2 is 2.24 bits per heavy atom. The van der Waals surface area contributed by atoms with Gasteiger partial charge in [-0.25, -0.2) is 4.39 Å². The summed E-state index contributed by atoms with van der Waals surface area (Å²) >= 11 is 3.20. The molecule has 0 bridgehead atoms. The second kappa shape index (κ2) is 5.47. The first-order valence-electron chi connectivity index (χ1n) is 5.34. The van der Waals surface area contributed by atoms with Crippen LogP contribution in [0.5, 0.6) is 0 Å². The van der Waals surface area contributed by atoms with Crippen molar-refractivity contribution in [3.8, 4) is 0 Å². The van der Waals surface area contributed by atoms with Gasteiger partial charge >= 0.3 is 0 Å². The molecular formula is C13H13BrFNO. The van der Waals surface area contributed by atoms with Crippen molar-refractivity contribution in [3.05, 3.63) is 58.2 Å². The van der Waals surface area contributed by atoms with Crippen molar-refractivity contribution in [1.29, 1.82) is 0 Å². The first-order chi connectivity index (χ1) is 8.20. The molecule has 1 N–H and O–H groups in total. The van der Waals surface area contributed by atoms with Gasteiger partial charge in [0.05, 0.1) is 17.0 Å². The first kappa shape index (κ1) is 12.3. The van der Waals surface area contributed by atoms with Gasteiger partial charge in [-0.15, -0.1) is 0 Å². The molecule has 0 saturated heterocycles. The highest BCUT2D eigenvalue weighted by Crippen LogP contribution is 2.23. The Kier molecular flexibility index (Phi) is 3.97. The predicted molar refractivity (Wildman–Crippen MR) is 68.3 cm³/mol. The number of likely N-dealkylation sites (N-methyl/N-ethyl adjacent to an activating group) is 1. The fourth-order valence-corrected chi connectivity index (χ4v) is 2.16. The van der Waals surface area contributed by atoms with Crippen molar-refractivity contribution >= 4 is 15.9 Å². The van der Waals surface area contributed by atoms with E-state index in [9.17, 15) is 4.39 Å². The standard InChI is InChI=1S/C13H13BrFNO/c1-16-13(6-9-4-5-17-8-9)10-2-3-12(15)11(14)7-10/h2-5,7-8,13,16H,6H2,1H3. The first-order valence-corrected chi connectivity index (χ1v) is 6.13. The van der Waals surface area contributed by atoms with Gasteiger partial charge in [0.2, 0.25) is 0 Å². The Hall–Kier alpha value is -1.13. The molecule has 17 heavy (non-hydrogen) atoms. The van der Waals surface area contributed by atoms with Gasteiger partial charge in [-0.05, 0) is 58.7 Å². The van der Waals surface area contributed by atoms with Crippen molar-refractivity contribution in [3.63, 3.8) is 0 Å². The number of hydrogen-bond donors (Lipinski definition) is 1. The van der Waals surface area contributed by atoms with E-state index in [4.69, 9.17) is 4.42 Å². The van der Waals surface area contributed by atoms with Crippen molar-refractivity contribution < 1.29 is 8.81 Å². The monoisotopic (exact) mass is 297 g/mol. The van der Waals surface area contributed by atoms with E-state index in [1.54, 1.807) is 24.7 Å². The minimum atomic E-state index is -0.244. The lowest BCUT2D eigenvalue weighted by molar-refractivity contribution is 0.550. The summed E-state index contributed by atoms with van der Waals surface area (Å²) in [6, 6.07) is 7.14. The van der Waals surface area contributed by atoms with E-state index >= 15 is 0 Å². The third-order valence-corrected chi connectivity index (χ3v) is 3.32. The zero-order chi connectivity index (χ0) is 12.3. The minimum absolute atomic E-state index is 0.143. The normalized spacial score (nSPS) is 12.6. The molecule has 1 aromatic heterocycles. The molecule has 0 spiro atoms. The topological polar surface area (TPSA) is 25.2 Å². The molecule has 0 amide bonds. The summed E-state index contributed by atoms with van der Waals surface area (Å²) in [4.78, 5) is 0. The Balaban J connectivity index is 2.20. The highest BCUT2D eigenvalue weighted by Gasteiger charge is 2.12. The molecule has 0 saturated carbocycles. The van der Waals surface area contributed by atoms with Crippen LogP contribution in [0.25, 0.3) is 0 Å². The van der Waals surface area contributed by atoms with Crippen LogP contribution in [0.1, 0.15) is 17.2 Å². The number of benzene rings is 1. The summed E-state index contributed by atoms with van der Waals surface area (Å²) in [5, 5.41) is 3.22. The molecule has 2 rings (SSSR count). The van der Waals surface area contributed by atoms with E-state index in [-0.39, 0.29) is 11.9 Å². The zero-order valence-corrected chi connectivity index (χ0v) is 11.0. The molecule has 0 fully saturated rings. The third-order valence-electron chi connectivity index (χ3n) is 2.71. The van der Waals surface area contributed by atoms with Crippen LogP contribution in [0.3, 0.4) is 0 Å². The van der Waals surface area contributed by atoms with Crippen molar-refractivity contribution in [1.82, 2.24) is 5.32 Å². The highest BCUT2D eigenvalue weighted by atomic mass is 79.9. The van der Waals surface area contributed by atoms with Crippen LogP contribution in [0, 0.1) is 5.82 Å². The molecule has 4 heteroatoms. The Labute approximate surface area is 108 Å². The predicted octanol–water partition coefficient (Wildman–Crippen LogP) is 3.68. The Morgan fingerprint density at radius 1 is 1.41 bits per heavy atom. The van der Waals surface area contributed by atoms with Crippen LogP contribution in [-0.2, 0) is 6.42 Å². The summed E-state index contributed by atoms with van der Waals surface area (Å²) in [6.07, 6.45) is 4.19. The van der Waals surface area contributed by atoms with E-state index in [1.165, 1.54) is 6.07 Å². The van der Waals surface area contributed by atoms with Gasteiger partial charge in [-0.3, -0.25) is 0 Å². The second-order valence-corrected chi connectivity index (χ2v) is 4.70. The lowest BCUT2D eigenvalue weighted by atomic mass is 10.0. The van der Waals surface area contributed by atoms with Gasteiger partial charge in [-0.2, -0.15) is 0 Å². The van der Waals surface area contributed by atoms with E-state index in [2.05, 4.69) is 21.2 Å². The van der Waals surface area contributed by atoms with E-state index in [1.807, 2.05) is 13.1 Å². The SMILES string of the molecule is CNC(Cc1ccoc1)c1ccc(F)c(Br)c1. The molecule has 1 atom stereocenters. The van der Waals surface area contributed by atoms with Crippen LogP contribution in [0.15, 0.2) is 45.7 Å². The number of nitrogens with one attached hydrogen (secondary N) is 1. The molecule has 2 nitrogen and oxygen atoms in total. The maximum atomic E-state index is 13.2. The summed E-state index contributed by atoms with van der Waals surface area (Å²) in [6.45, 7) is 0. The second-order valence-electron chi connectivity index (χ2n) is 3.85. The van der Waals surface area contributed by atoms with Gasteiger partial charge in [0, 0.05) is 6.04 Å². The molecule has 2 aromatic rings. The summed E-state index contributed by atoms with van der Waals surface area (Å²) in [5.41, 5.74) is 2.16. The lowest BCUT2D eigenvalue weighted by Gasteiger charge is -2.16. The lowest BCUT2D eigenvalue weighted by Crippen LogP contribution is -2.18. The molecule has 90 valence electrons. The highest BCUT2D eigenvalue weighted by molar-refractivity contribution is 9.10. The fraction of sp³-hybridized carbons (Fsp3) is 0.231. The minimum Gasteiger partial charge on any atom is -0.472 e. The molecular weight excluding hydrogens is 285 g/mol. The Bertz CT molecular complexity index is 484. The van der Waals surface area contributed by atoms with Crippen LogP contribution in [-0.4, -0.2) is 7.05 Å². The average molecular weight is 298 g/mol. The summed E-state index contributed by atoms with van der Waals surface area (Å²) in [7, 11) is 1.89. The van der Waals surface area contributed by atoms with Gasteiger partial charge < -0.3 is 9.73 Å². The molecule has 1 aromatic carbocycles. The summed E-state index contributed by atoms with van der Waals surface area (Å²) < 4.78 is 18.7. The van der Waals surface area contributed by atoms with Gasteiger partial charge in [-0.1, -0.05) is 6.07 Å². The van der Waals surface area contributed by atoms with Crippen LogP contribution < -0.4 is 5.32 Å². The molecule has 1 unspecified atom stereocenters. The van der Waals surface area contributed by atoms with Crippen molar-refractivity contribution in [2.45, 2.75) is 12.5 Å². The maximum absolute atomic E-state index is 13.2. The summed E-state index contributed by atoms with van der Waals surface area (Å²) in [5.74, 6) is -0.244. The van der Waals surface area contributed by atoms with E-state index in [0.717, 1.165) is 17.5 Å². The van der Waals surface area contributed by atoms with Gasteiger partial charge in [0.1, 0.15) is 5.82 Å². The van der Waals surface area contributed by atoms with Crippen LogP contribution in [0.4, 0.5) is 4.39 Å². The van der Waals surface area contributed by atoms with Crippen LogP contribution in [0.2, 0.25) is 0 Å². The van der Waals surface area contributed by atoms with E-state index < -0.39 is 0 Å². The molecule has 0 aliphatic heterocycles. The molecule has 0 aliphatic rings. The average Bonchev–Trinajstić information content (AvgIpc) is 2.82. The van der Waals surface area contributed by atoms with Crippen LogP contribution >= 0.6 is 15.9 Å². The number of hydrogen-bond acceptors (Lipinski definition) is 2. The maximum Gasteiger partial charge on any atom is 0.137 e. The smallest absolute Gasteiger partial charge is 0.137 e. The third kappa shape index (κ3) is 2.96. The zero-order valence-electron chi connectivity index (χ0n) is 9.41. The largest absolute Gasteiger partial charge is 0.472 e. The van der Waals surface area contributed by atoms with E-state index in [0.29, 0.717) is 4.47 Å². The molecule has 0 aliphatic carbocycles. The van der Waals surface area contributed by atoms with Gasteiger partial charge in [0.15, 0.2) is 0 Å².